The van der Waals surface area contributed by atoms with Crippen LogP contribution in [-0.4, -0.2) is 21.9 Å². The Morgan fingerprint density at radius 1 is 1.54 bits per heavy atom. The summed E-state index contributed by atoms with van der Waals surface area (Å²) >= 11 is 12.5. The van der Waals surface area contributed by atoms with Crippen LogP contribution in [0.5, 0.6) is 0 Å². The Balaban J connectivity index is 2.14. The highest BCUT2D eigenvalue weighted by Crippen LogP contribution is 2.27. The molecule has 3 rings (SSSR count). The van der Waals surface area contributed by atoms with E-state index >= 15 is 0 Å². The Labute approximate surface area is 151 Å². The van der Waals surface area contributed by atoms with Gasteiger partial charge in [-0.1, -0.05) is 29.0 Å². The van der Waals surface area contributed by atoms with Gasteiger partial charge in [-0.05, 0) is 37.7 Å². The summed E-state index contributed by atoms with van der Waals surface area (Å²) in [6.45, 7) is 2.59. The van der Waals surface area contributed by atoms with Crippen LogP contribution in [0, 0.1) is 9.77 Å². The first kappa shape index (κ1) is 17.1. The number of carbonyl (C=O) groups is 1. The lowest BCUT2D eigenvalue weighted by Crippen LogP contribution is -2.22. The highest BCUT2D eigenvalue weighted by atomic mass is 35.5. The van der Waals surface area contributed by atoms with Gasteiger partial charge >= 0.3 is 5.97 Å². The SMILES string of the molecule is CCOC(=O)c1cc(N=c2sc(=S)n3n2CCC=C3)c(F)cc1Cl. The van der Waals surface area contributed by atoms with Crippen molar-refractivity contribution < 1.29 is 13.9 Å². The summed E-state index contributed by atoms with van der Waals surface area (Å²) in [5.41, 5.74) is 0.101. The van der Waals surface area contributed by atoms with E-state index in [9.17, 15) is 9.18 Å². The maximum absolute atomic E-state index is 14.2. The molecular weight excluding hydrogens is 373 g/mol. The van der Waals surface area contributed by atoms with E-state index in [1.54, 1.807) is 11.6 Å². The molecule has 0 bridgehead atoms. The molecule has 0 fully saturated rings. The van der Waals surface area contributed by atoms with Gasteiger partial charge < -0.3 is 4.74 Å². The van der Waals surface area contributed by atoms with Crippen molar-refractivity contribution in [2.24, 2.45) is 4.99 Å². The molecule has 0 saturated carbocycles. The molecule has 9 heteroatoms. The van der Waals surface area contributed by atoms with Gasteiger partial charge in [0.15, 0.2) is 3.95 Å². The molecule has 1 aromatic heterocycles. The molecule has 0 aliphatic carbocycles. The Hall–Kier alpha value is -1.77. The molecule has 0 N–H and O–H groups in total. The molecule has 1 aliphatic heterocycles. The number of ether oxygens (including phenoxy) is 1. The maximum Gasteiger partial charge on any atom is 0.339 e. The van der Waals surface area contributed by atoms with Gasteiger partial charge in [0.25, 0.3) is 0 Å². The standard InChI is InChI=1S/C15H13ClFN3O2S2/c1-2-22-13(21)9-7-12(11(17)8-10(9)16)18-14-19-5-3-4-6-20(19)15(23)24-14/h4,6-8H,2-3,5H2,1H3. The number of esters is 1. The predicted octanol–water partition coefficient (Wildman–Crippen LogP) is 4.16. The minimum Gasteiger partial charge on any atom is -0.462 e. The monoisotopic (exact) mass is 385 g/mol. The van der Waals surface area contributed by atoms with Gasteiger partial charge in [0.1, 0.15) is 11.5 Å². The first-order chi connectivity index (χ1) is 11.5. The average molecular weight is 386 g/mol. The molecule has 0 unspecified atom stereocenters. The number of nitrogens with zero attached hydrogens (tertiary/aromatic N) is 3. The third-order valence-electron chi connectivity index (χ3n) is 3.35. The molecule has 1 aliphatic rings. The summed E-state index contributed by atoms with van der Waals surface area (Å²) in [5.74, 6) is -1.22. The molecule has 2 heterocycles. The molecule has 1 aromatic carbocycles. The number of aromatic nitrogens is 2. The van der Waals surface area contributed by atoms with Crippen LogP contribution in [0.2, 0.25) is 5.02 Å². The number of fused-ring (bicyclic) bond motifs is 1. The molecule has 2 aromatic rings. The fraction of sp³-hybridized carbons (Fsp3) is 0.267. The van der Waals surface area contributed by atoms with Crippen LogP contribution < -0.4 is 4.80 Å². The van der Waals surface area contributed by atoms with Crippen LogP contribution in [0.1, 0.15) is 23.7 Å². The zero-order valence-electron chi connectivity index (χ0n) is 12.7. The van der Waals surface area contributed by atoms with Crippen molar-refractivity contribution in [3.8, 4) is 0 Å². The Morgan fingerprint density at radius 2 is 2.33 bits per heavy atom. The quantitative estimate of drug-likeness (QED) is 0.589. The highest BCUT2D eigenvalue weighted by molar-refractivity contribution is 7.73. The van der Waals surface area contributed by atoms with Gasteiger partial charge in [0.2, 0.25) is 4.80 Å². The molecule has 0 amide bonds. The Morgan fingerprint density at radius 3 is 3.08 bits per heavy atom. The zero-order valence-corrected chi connectivity index (χ0v) is 15.1. The molecule has 0 atom stereocenters. The van der Waals surface area contributed by atoms with Crippen LogP contribution in [0.3, 0.4) is 0 Å². The number of benzene rings is 1. The smallest absolute Gasteiger partial charge is 0.339 e. The largest absolute Gasteiger partial charge is 0.462 e. The number of hydrogen-bond donors (Lipinski definition) is 0. The Bertz CT molecular complexity index is 959. The summed E-state index contributed by atoms with van der Waals surface area (Å²) < 4.78 is 23.4. The van der Waals surface area contributed by atoms with Crippen molar-refractivity contribution in [3.05, 3.63) is 43.4 Å². The maximum atomic E-state index is 14.2. The number of carbonyl (C=O) groups excluding carboxylic acids is 1. The average Bonchev–Trinajstić information content (AvgIpc) is 2.87. The van der Waals surface area contributed by atoms with Gasteiger partial charge in [0, 0.05) is 12.7 Å². The third kappa shape index (κ3) is 3.22. The van der Waals surface area contributed by atoms with Gasteiger partial charge in [0.05, 0.1) is 17.2 Å². The van der Waals surface area contributed by atoms with Gasteiger partial charge in [-0.2, -0.15) is 0 Å². The Kier molecular flexibility index (Phi) is 4.98. The molecule has 0 spiro atoms. The number of allylic oxidation sites excluding steroid dienone is 1. The van der Waals surface area contributed by atoms with E-state index < -0.39 is 11.8 Å². The van der Waals surface area contributed by atoms with E-state index in [4.69, 9.17) is 28.6 Å². The van der Waals surface area contributed by atoms with Crippen molar-refractivity contribution in [2.45, 2.75) is 19.9 Å². The second kappa shape index (κ2) is 7.00. The minimum absolute atomic E-state index is 0.00738. The molecule has 0 radical (unpaired) electrons. The van der Waals surface area contributed by atoms with E-state index in [0.29, 0.717) is 15.3 Å². The van der Waals surface area contributed by atoms with Crippen LogP contribution in [0.4, 0.5) is 10.1 Å². The first-order valence-electron chi connectivity index (χ1n) is 7.21. The number of halogens is 2. The van der Waals surface area contributed by atoms with Gasteiger partial charge in [-0.15, -0.1) is 0 Å². The normalized spacial score (nSPS) is 13.9. The van der Waals surface area contributed by atoms with E-state index in [0.717, 1.165) is 12.5 Å². The molecular formula is C15H13ClFN3O2S2. The molecule has 24 heavy (non-hydrogen) atoms. The summed E-state index contributed by atoms with van der Waals surface area (Å²) in [6.07, 6.45) is 4.72. The summed E-state index contributed by atoms with van der Waals surface area (Å²) in [5, 5.41) is -0.00738. The zero-order chi connectivity index (χ0) is 17.3. The summed E-state index contributed by atoms with van der Waals surface area (Å²) in [7, 11) is 0. The van der Waals surface area contributed by atoms with Gasteiger partial charge in [-0.3, -0.25) is 4.68 Å². The van der Waals surface area contributed by atoms with Crippen molar-refractivity contribution >= 4 is 53.0 Å². The van der Waals surface area contributed by atoms with E-state index in [1.807, 2.05) is 17.0 Å². The third-order valence-corrected chi connectivity index (χ3v) is 4.94. The summed E-state index contributed by atoms with van der Waals surface area (Å²) in [4.78, 5) is 16.8. The lowest BCUT2D eigenvalue weighted by atomic mass is 10.2. The second-order valence-corrected chi connectivity index (χ2v) is 6.92. The fourth-order valence-corrected chi connectivity index (χ4v) is 3.70. The topological polar surface area (TPSA) is 48.5 Å². The summed E-state index contributed by atoms with van der Waals surface area (Å²) in [6, 6.07) is 2.37. The van der Waals surface area contributed by atoms with E-state index in [2.05, 4.69) is 4.99 Å². The molecule has 5 nitrogen and oxygen atoms in total. The van der Waals surface area contributed by atoms with Crippen molar-refractivity contribution in [2.75, 3.05) is 6.61 Å². The molecule has 126 valence electrons. The van der Waals surface area contributed by atoms with Crippen molar-refractivity contribution in [3.63, 3.8) is 0 Å². The lowest BCUT2D eigenvalue weighted by Gasteiger charge is -2.11. The van der Waals surface area contributed by atoms with Crippen molar-refractivity contribution in [1.29, 1.82) is 0 Å². The number of hydrogen-bond acceptors (Lipinski definition) is 5. The molecule has 0 saturated heterocycles. The minimum atomic E-state index is -0.613. The van der Waals surface area contributed by atoms with Crippen molar-refractivity contribution in [1.82, 2.24) is 9.36 Å². The van der Waals surface area contributed by atoms with Crippen LogP contribution >= 0.6 is 35.2 Å². The van der Waals surface area contributed by atoms with Crippen LogP contribution in [0.15, 0.2) is 23.2 Å². The van der Waals surface area contributed by atoms with E-state index in [1.165, 1.54) is 17.4 Å². The van der Waals surface area contributed by atoms with Crippen LogP contribution in [-0.2, 0) is 11.3 Å². The fourth-order valence-electron chi connectivity index (χ4n) is 2.26. The van der Waals surface area contributed by atoms with Crippen LogP contribution in [0.25, 0.3) is 6.20 Å². The van der Waals surface area contributed by atoms with Gasteiger partial charge in [-0.25, -0.2) is 18.9 Å². The highest BCUT2D eigenvalue weighted by Gasteiger charge is 2.16. The van der Waals surface area contributed by atoms with E-state index in [-0.39, 0.29) is 22.9 Å². The lowest BCUT2D eigenvalue weighted by molar-refractivity contribution is 0.0526. The predicted molar refractivity (Wildman–Crippen MR) is 93.7 cm³/mol. The number of rotatable bonds is 3. The first-order valence-corrected chi connectivity index (χ1v) is 8.81. The second-order valence-electron chi connectivity index (χ2n) is 4.91.